The van der Waals surface area contributed by atoms with Crippen molar-refractivity contribution in [3.8, 4) is 0 Å². The number of hydrogen-bond donors (Lipinski definition) is 1. The van der Waals surface area contributed by atoms with E-state index in [2.05, 4.69) is 50.9 Å². The molecule has 2 nitrogen and oxygen atoms in total. The van der Waals surface area contributed by atoms with E-state index in [0.717, 1.165) is 9.79 Å². The van der Waals surface area contributed by atoms with Gasteiger partial charge < -0.3 is 5.73 Å². The van der Waals surface area contributed by atoms with E-state index < -0.39 is 0 Å². The molecule has 2 aromatic rings. The molecular formula is C19H23ClN2S. The third kappa shape index (κ3) is 3.09. The van der Waals surface area contributed by atoms with Gasteiger partial charge in [-0.15, -0.1) is 0 Å². The van der Waals surface area contributed by atoms with Crippen molar-refractivity contribution in [1.82, 2.24) is 4.98 Å². The van der Waals surface area contributed by atoms with E-state index in [4.69, 9.17) is 17.3 Å². The van der Waals surface area contributed by atoms with Gasteiger partial charge in [0.25, 0.3) is 0 Å². The third-order valence-corrected chi connectivity index (χ3v) is 6.46. The Labute approximate surface area is 147 Å². The Morgan fingerprint density at radius 3 is 2.35 bits per heavy atom. The van der Waals surface area contributed by atoms with Crippen LogP contribution in [0.4, 0.5) is 5.69 Å². The van der Waals surface area contributed by atoms with E-state index in [1.54, 1.807) is 24.0 Å². The Bertz CT molecular complexity index is 733. The van der Waals surface area contributed by atoms with E-state index in [9.17, 15) is 0 Å². The quantitative estimate of drug-likeness (QED) is 0.696. The predicted octanol–water partition coefficient (Wildman–Crippen LogP) is 5.82. The maximum Gasteiger partial charge on any atom is 0.144 e. The summed E-state index contributed by atoms with van der Waals surface area (Å²) in [4.78, 5) is 6.14. The number of halogens is 1. The van der Waals surface area contributed by atoms with Crippen LogP contribution < -0.4 is 5.73 Å². The highest BCUT2D eigenvalue weighted by atomic mass is 35.5. The highest BCUT2D eigenvalue weighted by Crippen LogP contribution is 2.47. The molecule has 1 aromatic carbocycles. The van der Waals surface area contributed by atoms with E-state index >= 15 is 0 Å². The standard InChI is InChI=1S/C19H23ClN2S/c1-18(2)8-9-19(3,4)14-11-12(5-6-13(14)18)23-16-15(21)7-10-22-17(16)20/h5-7,10-11H,8-9H2,1-4H3,(H2,21,22). The van der Waals surface area contributed by atoms with Gasteiger partial charge >= 0.3 is 0 Å². The second-order valence-electron chi connectivity index (χ2n) is 7.60. The second-order valence-corrected chi connectivity index (χ2v) is 9.04. The summed E-state index contributed by atoms with van der Waals surface area (Å²) in [5, 5.41) is 0.465. The number of anilines is 1. The van der Waals surface area contributed by atoms with Gasteiger partial charge in [0.1, 0.15) is 5.15 Å². The van der Waals surface area contributed by atoms with E-state index in [0.29, 0.717) is 10.8 Å². The molecule has 0 fully saturated rings. The van der Waals surface area contributed by atoms with Crippen LogP contribution in [0.1, 0.15) is 51.7 Å². The molecule has 0 saturated carbocycles. The van der Waals surface area contributed by atoms with Crippen LogP contribution in [0, 0.1) is 0 Å². The highest BCUT2D eigenvalue weighted by Gasteiger charge is 2.36. The Morgan fingerprint density at radius 2 is 1.70 bits per heavy atom. The van der Waals surface area contributed by atoms with Crippen LogP contribution in [0.25, 0.3) is 0 Å². The lowest BCUT2D eigenvalue weighted by molar-refractivity contribution is 0.331. The number of nitrogens with zero attached hydrogens (tertiary/aromatic N) is 1. The van der Waals surface area contributed by atoms with Crippen molar-refractivity contribution in [2.24, 2.45) is 0 Å². The first kappa shape index (κ1) is 16.7. The molecule has 0 spiro atoms. The fraction of sp³-hybridized carbons (Fsp3) is 0.421. The van der Waals surface area contributed by atoms with Gasteiger partial charge in [-0.25, -0.2) is 4.98 Å². The average Bonchev–Trinajstić information content (AvgIpc) is 2.48. The molecular weight excluding hydrogens is 324 g/mol. The molecule has 122 valence electrons. The van der Waals surface area contributed by atoms with Crippen LogP contribution in [0.2, 0.25) is 5.15 Å². The fourth-order valence-electron chi connectivity index (χ4n) is 3.29. The number of pyridine rings is 1. The van der Waals surface area contributed by atoms with Crippen LogP contribution in [0.3, 0.4) is 0 Å². The molecule has 3 rings (SSSR count). The van der Waals surface area contributed by atoms with Gasteiger partial charge in [-0.2, -0.15) is 0 Å². The molecule has 0 saturated heterocycles. The molecule has 2 N–H and O–H groups in total. The van der Waals surface area contributed by atoms with Gasteiger partial charge in [-0.1, -0.05) is 57.1 Å². The molecule has 1 heterocycles. The first-order valence-corrected chi connectivity index (χ1v) is 9.13. The minimum atomic E-state index is 0.200. The Hall–Kier alpha value is -1.19. The molecule has 0 unspecified atom stereocenters. The summed E-state index contributed by atoms with van der Waals surface area (Å²) in [7, 11) is 0. The zero-order valence-electron chi connectivity index (χ0n) is 14.1. The van der Waals surface area contributed by atoms with Crippen LogP contribution in [-0.4, -0.2) is 4.98 Å². The highest BCUT2D eigenvalue weighted by molar-refractivity contribution is 7.99. The number of rotatable bonds is 2. The zero-order chi connectivity index (χ0) is 16.8. The lowest BCUT2D eigenvalue weighted by Crippen LogP contribution is -2.33. The minimum Gasteiger partial charge on any atom is -0.398 e. The van der Waals surface area contributed by atoms with Crippen molar-refractivity contribution < 1.29 is 0 Å². The summed E-state index contributed by atoms with van der Waals surface area (Å²) in [6.07, 6.45) is 4.07. The van der Waals surface area contributed by atoms with Crippen molar-refractivity contribution >= 4 is 29.1 Å². The number of nitrogen functional groups attached to an aromatic ring is 1. The smallest absolute Gasteiger partial charge is 0.144 e. The SMILES string of the molecule is CC1(C)CCC(C)(C)c2cc(Sc3c(N)ccnc3Cl)ccc21. The molecule has 0 atom stereocenters. The predicted molar refractivity (Wildman–Crippen MR) is 99.5 cm³/mol. The van der Waals surface area contributed by atoms with Gasteiger partial charge in [-0.05, 0) is 53.0 Å². The minimum absolute atomic E-state index is 0.200. The number of hydrogen-bond acceptors (Lipinski definition) is 3. The van der Waals surface area contributed by atoms with Crippen molar-refractivity contribution in [2.75, 3.05) is 5.73 Å². The topological polar surface area (TPSA) is 38.9 Å². The molecule has 23 heavy (non-hydrogen) atoms. The largest absolute Gasteiger partial charge is 0.398 e. The van der Waals surface area contributed by atoms with Gasteiger partial charge in [0.2, 0.25) is 0 Å². The number of fused-ring (bicyclic) bond motifs is 1. The Kier molecular flexibility index (Phi) is 4.14. The third-order valence-electron chi connectivity index (χ3n) is 4.94. The lowest BCUT2D eigenvalue weighted by Gasteiger charge is -2.42. The van der Waals surface area contributed by atoms with Crippen molar-refractivity contribution in [3.63, 3.8) is 0 Å². The first-order valence-electron chi connectivity index (χ1n) is 7.93. The molecule has 0 aliphatic heterocycles. The normalized spacial score (nSPS) is 18.5. The van der Waals surface area contributed by atoms with Crippen molar-refractivity contribution in [2.45, 2.75) is 61.2 Å². The molecule has 0 amide bonds. The van der Waals surface area contributed by atoms with Crippen LogP contribution in [0.5, 0.6) is 0 Å². The van der Waals surface area contributed by atoms with E-state index in [1.807, 2.05) is 0 Å². The lowest BCUT2D eigenvalue weighted by atomic mass is 9.63. The Balaban J connectivity index is 2.04. The molecule has 1 aliphatic carbocycles. The molecule has 0 bridgehead atoms. The monoisotopic (exact) mass is 346 g/mol. The summed E-state index contributed by atoms with van der Waals surface area (Å²) in [6, 6.07) is 8.55. The van der Waals surface area contributed by atoms with Gasteiger partial charge in [0, 0.05) is 11.1 Å². The fourth-order valence-corrected chi connectivity index (χ4v) is 4.44. The van der Waals surface area contributed by atoms with Gasteiger partial charge in [0.15, 0.2) is 0 Å². The Morgan fingerprint density at radius 1 is 1.04 bits per heavy atom. The summed E-state index contributed by atoms with van der Waals surface area (Å²) >= 11 is 7.81. The summed E-state index contributed by atoms with van der Waals surface area (Å²) < 4.78 is 0. The van der Waals surface area contributed by atoms with E-state index in [-0.39, 0.29) is 10.8 Å². The van der Waals surface area contributed by atoms with Crippen LogP contribution in [0.15, 0.2) is 40.3 Å². The first-order chi connectivity index (χ1) is 10.7. The van der Waals surface area contributed by atoms with Crippen molar-refractivity contribution in [3.05, 3.63) is 46.7 Å². The molecule has 1 aliphatic rings. The van der Waals surface area contributed by atoms with E-state index in [1.165, 1.54) is 24.0 Å². The summed E-state index contributed by atoms with van der Waals surface area (Å²) in [5.74, 6) is 0. The number of aromatic nitrogens is 1. The van der Waals surface area contributed by atoms with Gasteiger partial charge in [0.05, 0.1) is 10.6 Å². The maximum atomic E-state index is 6.21. The maximum absolute atomic E-state index is 6.21. The van der Waals surface area contributed by atoms with Crippen LogP contribution >= 0.6 is 23.4 Å². The summed E-state index contributed by atoms with van der Waals surface area (Å²) in [6.45, 7) is 9.34. The molecule has 1 aromatic heterocycles. The van der Waals surface area contributed by atoms with Gasteiger partial charge in [-0.3, -0.25) is 0 Å². The number of benzene rings is 1. The van der Waals surface area contributed by atoms with Crippen molar-refractivity contribution in [1.29, 1.82) is 0 Å². The molecule has 0 radical (unpaired) electrons. The average molecular weight is 347 g/mol. The zero-order valence-corrected chi connectivity index (χ0v) is 15.7. The molecule has 4 heteroatoms. The summed E-state index contributed by atoms with van der Waals surface area (Å²) in [5.41, 5.74) is 10.1. The second kappa shape index (κ2) is 5.71. The van der Waals surface area contributed by atoms with Crippen LogP contribution in [-0.2, 0) is 10.8 Å². The number of nitrogens with two attached hydrogens (primary N) is 1.